The molecule has 0 saturated carbocycles. The van der Waals surface area contributed by atoms with Gasteiger partial charge in [-0.3, -0.25) is 9.59 Å². The lowest BCUT2D eigenvalue weighted by Crippen LogP contribution is -2.48. The van der Waals surface area contributed by atoms with E-state index in [4.69, 9.17) is 0 Å². The number of hydrogen-bond donors (Lipinski definition) is 3. The van der Waals surface area contributed by atoms with Gasteiger partial charge >= 0.3 is 5.97 Å². The summed E-state index contributed by atoms with van der Waals surface area (Å²) in [4.78, 5) is 26.4. The fourth-order valence-corrected chi connectivity index (χ4v) is 3.96. The monoisotopic (exact) mass is 459 g/mol. The number of nitrogens with zero attached hydrogens (tertiary/aromatic N) is 1. The van der Waals surface area contributed by atoms with Crippen molar-refractivity contribution < 1.29 is 14.7 Å². The Morgan fingerprint density at radius 1 is 0.794 bits per heavy atom. The minimum atomic E-state index is -0.853. The van der Waals surface area contributed by atoms with Gasteiger partial charge in [-0.15, -0.1) is 0 Å². The van der Waals surface area contributed by atoms with Crippen molar-refractivity contribution in [2.75, 3.05) is 20.1 Å². The molecule has 0 aromatic heterocycles. The smallest absolute Gasteiger partial charge is 0.305 e. The quantitative estimate of drug-likeness (QED) is 0.340. The van der Waals surface area contributed by atoms with E-state index in [1.54, 1.807) is 4.90 Å². The molecular weight excluding hydrogens is 426 g/mol. The molecule has 0 aliphatic carbocycles. The average Bonchev–Trinajstić information content (AvgIpc) is 2.86. The lowest BCUT2D eigenvalue weighted by molar-refractivity contribution is -0.137. The highest BCUT2D eigenvalue weighted by molar-refractivity contribution is 5.82. The Labute approximate surface area is 201 Å². The minimum absolute atomic E-state index is 0.00377. The van der Waals surface area contributed by atoms with Crippen molar-refractivity contribution in [3.05, 3.63) is 108 Å². The molecule has 3 N–H and O–H groups in total. The van der Waals surface area contributed by atoms with Crippen LogP contribution in [-0.4, -0.2) is 48.1 Å². The number of carboxylic acid groups (broad SMARTS) is 1. The van der Waals surface area contributed by atoms with Crippen LogP contribution in [0.4, 0.5) is 0 Å². The fourth-order valence-electron chi connectivity index (χ4n) is 3.96. The number of likely N-dealkylation sites (N-methyl/N-ethyl adjacent to an activating group) is 1. The van der Waals surface area contributed by atoms with E-state index in [9.17, 15) is 14.7 Å². The molecule has 0 aliphatic rings. The maximum atomic E-state index is 13.3. The minimum Gasteiger partial charge on any atom is -0.481 e. The Bertz CT molecular complexity index is 1010. The van der Waals surface area contributed by atoms with Gasteiger partial charge < -0.3 is 20.6 Å². The summed E-state index contributed by atoms with van der Waals surface area (Å²) >= 11 is 0. The van der Waals surface area contributed by atoms with Crippen molar-refractivity contribution in [2.45, 2.75) is 31.5 Å². The molecular formula is C28H33N3O3. The van der Waals surface area contributed by atoms with Crippen LogP contribution in [0.2, 0.25) is 0 Å². The Balaban J connectivity index is 1.61. The Hall–Kier alpha value is -3.48. The van der Waals surface area contributed by atoms with Crippen molar-refractivity contribution in [1.82, 2.24) is 15.5 Å². The molecule has 0 fully saturated rings. The predicted octanol–water partition coefficient (Wildman–Crippen LogP) is 3.65. The molecule has 0 aliphatic heterocycles. The van der Waals surface area contributed by atoms with E-state index in [1.807, 2.05) is 98.0 Å². The molecule has 0 saturated heterocycles. The SMILES string of the molecule is CN(Cc1ccccc1)C(=O)[C@H](Cc1ccccc1)NCCN[C@@H](CC(=O)O)c1ccccc1. The van der Waals surface area contributed by atoms with E-state index in [2.05, 4.69) is 10.6 Å². The summed E-state index contributed by atoms with van der Waals surface area (Å²) in [6.45, 7) is 1.61. The number of carboxylic acids is 1. The van der Waals surface area contributed by atoms with Gasteiger partial charge in [0, 0.05) is 32.7 Å². The first-order valence-electron chi connectivity index (χ1n) is 11.6. The Morgan fingerprint density at radius 2 is 1.32 bits per heavy atom. The maximum absolute atomic E-state index is 13.3. The Kier molecular flexibility index (Phi) is 9.82. The molecule has 34 heavy (non-hydrogen) atoms. The van der Waals surface area contributed by atoms with Crippen LogP contribution in [0, 0.1) is 0 Å². The van der Waals surface area contributed by atoms with Crippen molar-refractivity contribution in [2.24, 2.45) is 0 Å². The number of hydrogen-bond acceptors (Lipinski definition) is 4. The molecule has 0 unspecified atom stereocenters. The highest BCUT2D eigenvalue weighted by atomic mass is 16.4. The molecule has 0 heterocycles. The van der Waals surface area contributed by atoms with Crippen molar-refractivity contribution in [1.29, 1.82) is 0 Å². The zero-order chi connectivity index (χ0) is 24.2. The van der Waals surface area contributed by atoms with Gasteiger partial charge in [0.15, 0.2) is 0 Å². The maximum Gasteiger partial charge on any atom is 0.305 e. The highest BCUT2D eigenvalue weighted by Gasteiger charge is 2.22. The first-order valence-corrected chi connectivity index (χ1v) is 11.6. The molecule has 6 heteroatoms. The van der Waals surface area contributed by atoms with Crippen LogP contribution in [-0.2, 0) is 22.6 Å². The summed E-state index contributed by atoms with van der Waals surface area (Å²) in [6.07, 6.45) is 0.576. The molecule has 6 nitrogen and oxygen atoms in total. The van der Waals surface area contributed by atoms with Crippen LogP contribution >= 0.6 is 0 Å². The molecule has 1 amide bonds. The van der Waals surface area contributed by atoms with Gasteiger partial charge in [-0.05, 0) is 23.1 Å². The number of nitrogens with one attached hydrogen (secondary N) is 2. The zero-order valence-electron chi connectivity index (χ0n) is 19.6. The van der Waals surface area contributed by atoms with E-state index < -0.39 is 5.97 Å². The van der Waals surface area contributed by atoms with Crippen LogP contribution in [0.1, 0.15) is 29.2 Å². The van der Waals surface area contributed by atoms with E-state index in [0.717, 1.165) is 16.7 Å². The average molecular weight is 460 g/mol. The molecule has 0 radical (unpaired) electrons. The summed E-state index contributed by atoms with van der Waals surface area (Å²) in [7, 11) is 1.82. The summed E-state index contributed by atoms with van der Waals surface area (Å²) in [6, 6.07) is 28.8. The van der Waals surface area contributed by atoms with Gasteiger partial charge in [-0.2, -0.15) is 0 Å². The second-order valence-electron chi connectivity index (χ2n) is 8.39. The van der Waals surface area contributed by atoms with E-state index in [0.29, 0.717) is 26.1 Å². The predicted molar refractivity (Wildman–Crippen MR) is 134 cm³/mol. The number of rotatable bonds is 13. The van der Waals surface area contributed by atoms with Gasteiger partial charge in [-0.25, -0.2) is 0 Å². The summed E-state index contributed by atoms with van der Waals surface area (Å²) in [5.41, 5.74) is 3.10. The van der Waals surface area contributed by atoms with Crippen molar-refractivity contribution >= 4 is 11.9 Å². The number of benzene rings is 3. The van der Waals surface area contributed by atoms with Gasteiger partial charge in [0.25, 0.3) is 0 Å². The molecule has 2 atom stereocenters. The molecule has 0 spiro atoms. The van der Waals surface area contributed by atoms with Crippen molar-refractivity contribution in [3.8, 4) is 0 Å². The van der Waals surface area contributed by atoms with Gasteiger partial charge in [-0.1, -0.05) is 91.0 Å². The topological polar surface area (TPSA) is 81.7 Å². The number of amides is 1. The highest BCUT2D eigenvalue weighted by Crippen LogP contribution is 2.16. The number of carbonyl (C=O) groups is 2. The zero-order valence-corrected chi connectivity index (χ0v) is 19.6. The van der Waals surface area contributed by atoms with E-state index in [-0.39, 0.29) is 24.4 Å². The van der Waals surface area contributed by atoms with Gasteiger partial charge in [0.2, 0.25) is 5.91 Å². The van der Waals surface area contributed by atoms with Crippen molar-refractivity contribution in [3.63, 3.8) is 0 Å². The largest absolute Gasteiger partial charge is 0.481 e. The molecule has 3 aromatic rings. The fraction of sp³-hybridized carbons (Fsp3) is 0.286. The van der Waals surface area contributed by atoms with E-state index in [1.165, 1.54) is 0 Å². The molecule has 0 bridgehead atoms. The van der Waals surface area contributed by atoms with Crippen LogP contribution in [0.25, 0.3) is 0 Å². The normalized spacial score (nSPS) is 12.6. The number of carbonyl (C=O) groups excluding carboxylic acids is 1. The second kappa shape index (κ2) is 13.3. The molecule has 3 aromatic carbocycles. The number of aliphatic carboxylic acids is 1. The van der Waals surface area contributed by atoms with Gasteiger partial charge in [0.05, 0.1) is 12.5 Å². The Morgan fingerprint density at radius 3 is 1.91 bits per heavy atom. The van der Waals surface area contributed by atoms with E-state index >= 15 is 0 Å². The summed E-state index contributed by atoms with van der Waals surface area (Å²) in [5.74, 6) is -0.827. The van der Waals surface area contributed by atoms with Crippen LogP contribution in [0.15, 0.2) is 91.0 Å². The summed E-state index contributed by atoms with van der Waals surface area (Å²) < 4.78 is 0. The third kappa shape index (κ3) is 8.14. The third-order valence-corrected chi connectivity index (χ3v) is 5.71. The van der Waals surface area contributed by atoms with Crippen LogP contribution in [0.3, 0.4) is 0 Å². The molecule has 3 rings (SSSR count). The third-order valence-electron chi connectivity index (χ3n) is 5.71. The van der Waals surface area contributed by atoms with Gasteiger partial charge in [0.1, 0.15) is 0 Å². The second-order valence-corrected chi connectivity index (χ2v) is 8.39. The van der Waals surface area contributed by atoms with Crippen LogP contribution < -0.4 is 10.6 Å². The van der Waals surface area contributed by atoms with Crippen LogP contribution in [0.5, 0.6) is 0 Å². The molecule has 178 valence electrons. The summed E-state index contributed by atoms with van der Waals surface area (Å²) in [5, 5.41) is 16.0. The standard InChI is InChI=1S/C28H33N3O3/c1-31(21-23-13-7-3-8-14-23)28(34)26(19-22-11-5-2-6-12-22)30-18-17-29-25(20-27(32)33)24-15-9-4-10-16-24/h2-16,25-26,29-30H,17-21H2,1H3,(H,32,33)/t25-,26-/m0/s1. The first-order chi connectivity index (χ1) is 16.5. The lowest BCUT2D eigenvalue weighted by Gasteiger charge is -2.26. The first kappa shape index (κ1) is 25.1. The lowest BCUT2D eigenvalue weighted by atomic mass is 10.0.